The van der Waals surface area contributed by atoms with E-state index in [1.54, 1.807) is 0 Å². The second-order valence-electron chi connectivity index (χ2n) is 4.69. The fourth-order valence-corrected chi connectivity index (χ4v) is 1.97. The van der Waals surface area contributed by atoms with E-state index in [-0.39, 0.29) is 0 Å². The van der Waals surface area contributed by atoms with Gasteiger partial charge in [0.2, 0.25) is 0 Å². The summed E-state index contributed by atoms with van der Waals surface area (Å²) in [5.41, 5.74) is 0. The minimum atomic E-state index is 0.695. The first-order chi connectivity index (χ1) is 7.34. The maximum atomic E-state index is 4.03. The third-order valence-corrected chi connectivity index (χ3v) is 3.03. The van der Waals surface area contributed by atoms with E-state index >= 15 is 0 Å². The van der Waals surface area contributed by atoms with Crippen LogP contribution in [0.5, 0.6) is 0 Å². The maximum Gasteiger partial charge on any atom is 0.0945 e. The van der Waals surface area contributed by atoms with Gasteiger partial charge in [0.05, 0.1) is 6.33 Å². The Labute approximate surface area is 91.9 Å². The molecule has 0 radical (unpaired) electrons. The number of rotatable bonds is 7. The molecule has 1 fully saturated rings. The van der Waals surface area contributed by atoms with Gasteiger partial charge in [-0.25, -0.2) is 4.98 Å². The monoisotopic (exact) mass is 207 g/mol. The molecule has 15 heavy (non-hydrogen) atoms. The molecule has 1 saturated carbocycles. The molecule has 3 nitrogen and oxygen atoms in total. The summed E-state index contributed by atoms with van der Waals surface area (Å²) in [6.07, 6.45) is 11.2. The Morgan fingerprint density at radius 1 is 1.53 bits per heavy atom. The molecule has 84 valence electrons. The van der Waals surface area contributed by atoms with E-state index < -0.39 is 0 Å². The third kappa shape index (κ3) is 4.04. The van der Waals surface area contributed by atoms with Crippen LogP contribution in [0, 0.1) is 5.92 Å². The third-order valence-electron chi connectivity index (χ3n) is 3.03. The van der Waals surface area contributed by atoms with Crippen LogP contribution in [0.25, 0.3) is 0 Å². The highest BCUT2D eigenvalue weighted by atomic mass is 15.0. The van der Waals surface area contributed by atoms with Gasteiger partial charge in [-0.1, -0.05) is 12.8 Å². The van der Waals surface area contributed by atoms with Crippen molar-refractivity contribution in [3.8, 4) is 0 Å². The fraction of sp³-hybridized carbons (Fsp3) is 0.750. The van der Waals surface area contributed by atoms with E-state index in [1.807, 2.05) is 18.7 Å². The molecule has 0 bridgehead atoms. The van der Waals surface area contributed by atoms with Crippen molar-refractivity contribution in [3.05, 3.63) is 18.7 Å². The van der Waals surface area contributed by atoms with E-state index in [0.717, 1.165) is 19.0 Å². The Morgan fingerprint density at radius 2 is 2.40 bits per heavy atom. The van der Waals surface area contributed by atoms with Crippen LogP contribution in [0.15, 0.2) is 18.7 Å². The Balaban J connectivity index is 1.50. The van der Waals surface area contributed by atoms with Crippen LogP contribution < -0.4 is 5.32 Å². The first-order valence-electron chi connectivity index (χ1n) is 6.03. The lowest BCUT2D eigenvalue weighted by Gasteiger charge is -2.12. The Bertz CT molecular complexity index is 264. The maximum absolute atomic E-state index is 4.03. The Kier molecular flexibility index (Phi) is 3.78. The lowest BCUT2D eigenvalue weighted by Crippen LogP contribution is -2.28. The van der Waals surface area contributed by atoms with Crippen LogP contribution in [0.2, 0.25) is 0 Å². The summed E-state index contributed by atoms with van der Waals surface area (Å²) in [5.74, 6) is 1.03. The van der Waals surface area contributed by atoms with Crippen LogP contribution in [0.3, 0.4) is 0 Å². The normalized spacial score (nSPS) is 17.9. The molecule has 0 amide bonds. The number of aromatic nitrogens is 2. The van der Waals surface area contributed by atoms with Crippen LogP contribution in [-0.2, 0) is 6.54 Å². The highest BCUT2D eigenvalue weighted by Crippen LogP contribution is 2.33. The van der Waals surface area contributed by atoms with Gasteiger partial charge in [-0.3, -0.25) is 0 Å². The number of nitrogens with one attached hydrogen (secondary N) is 1. The summed E-state index contributed by atoms with van der Waals surface area (Å²) in [4.78, 5) is 4.03. The lowest BCUT2D eigenvalue weighted by molar-refractivity contribution is 0.470. The standard InChI is InChI=1S/C12H21N3/c1-11(9-12-3-4-12)14-5-2-7-15-8-6-13-10-15/h6,8,10-12,14H,2-5,7,9H2,1H3. The predicted molar refractivity (Wildman–Crippen MR) is 61.6 cm³/mol. The molecular formula is C12H21N3. The molecule has 1 aliphatic rings. The summed E-state index contributed by atoms with van der Waals surface area (Å²) in [6.45, 7) is 4.49. The number of hydrogen-bond donors (Lipinski definition) is 1. The van der Waals surface area contributed by atoms with Gasteiger partial charge in [0.15, 0.2) is 0 Å². The second kappa shape index (κ2) is 5.31. The van der Waals surface area contributed by atoms with Gasteiger partial charge in [-0.05, 0) is 32.2 Å². The van der Waals surface area contributed by atoms with Gasteiger partial charge in [0, 0.05) is 25.0 Å². The van der Waals surface area contributed by atoms with Crippen LogP contribution in [0.1, 0.15) is 32.6 Å². The number of imidazole rings is 1. The fourth-order valence-electron chi connectivity index (χ4n) is 1.97. The van der Waals surface area contributed by atoms with Crippen molar-refractivity contribution in [2.24, 2.45) is 5.92 Å². The van der Waals surface area contributed by atoms with Crippen molar-refractivity contribution in [2.75, 3.05) is 6.54 Å². The molecule has 1 aromatic heterocycles. The topological polar surface area (TPSA) is 29.9 Å². The number of aryl methyl sites for hydroxylation is 1. The van der Waals surface area contributed by atoms with Gasteiger partial charge in [0.25, 0.3) is 0 Å². The molecule has 1 heterocycles. The molecule has 1 unspecified atom stereocenters. The van der Waals surface area contributed by atoms with Crippen molar-refractivity contribution < 1.29 is 0 Å². The molecule has 0 aromatic carbocycles. The van der Waals surface area contributed by atoms with E-state index in [1.165, 1.54) is 25.7 Å². The van der Waals surface area contributed by atoms with Gasteiger partial charge in [-0.15, -0.1) is 0 Å². The smallest absolute Gasteiger partial charge is 0.0945 e. The molecule has 1 atom stereocenters. The zero-order valence-corrected chi connectivity index (χ0v) is 9.52. The largest absolute Gasteiger partial charge is 0.337 e. The minimum Gasteiger partial charge on any atom is -0.337 e. The van der Waals surface area contributed by atoms with Gasteiger partial charge in [0.1, 0.15) is 0 Å². The highest BCUT2D eigenvalue weighted by Gasteiger charge is 2.22. The van der Waals surface area contributed by atoms with E-state index in [4.69, 9.17) is 0 Å². The predicted octanol–water partition coefficient (Wildman–Crippen LogP) is 2.05. The van der Waals surface area contributed by atoms with Crippen LogP contribution >= 0.6 is 0 Å². The van der Waals surface area contributed by atoms with Crippen molar-refractivity contribution in [1.29, 1.82) is 0 Å². The number of nitrogens with zero attached hydrogens (tertiary/aromatic N) is 2. The molecule has 1 N–H and O–H groups in total. The van der Waals surface area contributed by atoms with Crippen LogP contribution in [0.4, 0.5) is 0 Å². The molecule has 3 heteroatoms. The van der Waals surface area contributed by atoms with Crippen molar-refractivity contribution in [1.82, 2.24) is 14.9 Å². The molecule has 0 saturated heterocycles. The summed E-state index contributed by atoms with van der Waals surface area (Å²) in [6, 6.07) is 0.695. The molecule has 1 aliphatic carbocycles. The summed E-state index contributed by atoms with van der Waals surface area (Å²) in [7, 11) is 0. The van der Waals surface area contributed by atoms with Crippen LogP contribution in [-0.4, -0.2) is 22.1 Å². The van der Waals surface area contributed by atoms with Crippen molar-refractivity contribution in [2.45, 2.75) is 45.2 Å². The Morgan fingerprint density at radius 3 is 3.07 bits per heavy atom. The zero-order chi connectivity index (χ0) is 10.5. The quantitative estimate of drug-likeness (QED) is 0.693. The summed E-state index contributed by atoms with van der Waals surface area (Å²) in [5, 5.41) is 3.58. The Hall–Kier alpha value is -0.830. The summed E-state index contributed by atoms with van der Waals surface area (Å²) < 4.78 is 2.13. The average molecular weight is 207 g/mol. The molecular weight excluding hydrogens is 186 g/mol. The van der Waals surface area contributed by atoms with Crippen molar-refractivity contribution in [3.63, 3.8) is 0 Å². The first kappa shape index (κ1) is 10.7. The van der Waals surface area contributed by atoms with Crippen molar-refractivity contribution >= 4 is 0 Å². The van der Waals surface area contributed by atoms with E-state index in [2.05, 4.69) is 21.8 Å². The van der Waals surface area contributed by atoms with E-state index in [0.29, 0.717) is 6.04 Å². The zero-order valence-electron chi connectivity index (χ0n) is 9.52. The molecule has 0 spiro atoms. The SMILES string of the molecule is CC(CC1CC1)NCCCn1ccnc1. The first-order valence-corrected chi connectivity index (χ1v) is 6.03. The van der Waals surface area contributed by atoms with Gasteiger partial charge in [-0.2, -0.15) is 0 Å². The van der Waals surface area contributed by atoms with E-state index in [9.17, 15) is 0 Å². The second-order valence-corrected chi connectivity index (χ2v) is 4.69. The average Bonchev–Trinajstić information content (AvgIpc) is 2.87. The summed E-state index contributed by atoms with van der Waals surface area (Å²) >= 11 is 0. The molecule has 1 aromatic rings. The highest BCUT2D eigenvalue weighted by molar-refractivity contribution is 4.78. The number of hydrogen-bond acceptors (Lipinski definition) is 2. The van der Waals surface area contributed by atoms with Gasteiger partial charge < -0.3 is 9.88 Å². The molecule has 0 aliphatic heterocycles. The lowest BCUT2D eigenvalue weighted by atomic mass is 10.1. The minimum absolute atomic E-state index is 0.695. The van der Waals surface area contributed by atoms with Gasteiger partial charge >= 0.3 is 0 Å². The molecule has 2 rings (SSSR count).